The van der Waals surface area contributed by atoms with Gasteiger partial charge in [0.1, 0.15) is 11.4 Å². The summed E-state index contributed by atoms with van der Waals surface area (Å²) in [6.07, 6.45) is 3.32. The number of phenolic OH excluding ortho intramolecular Hbond substituents is 1. The van der Waals surface area contributed by atoms with Gasteiger partial charge in [0, 0.05) is 41.4 Å². The molecule has 3 aromatic rings. The van der Waals surface area contributed by atoms with Crippen molar-refractivity contribution < 1.29 is 9.84 Å². The number of hydrogen-bond acceptors (Lipinski definition) is 6. The van der Waals surface area contributed by atoms with Gasteiger partial charge >= 0.3 is 0 Å². The Bertz CT molecular complexity index is 1050. The molecule has 2 aromatic carbocycles. The van der Waals surface area contributed by atoms with Crippen molar-refractivity contribution in [3.8, 4) is 17.0 Å². The third-order valence-electron chi connectivity index (χ3n) is 6.33. The Morgan fingerprint density at radius 2 is 1.97 bits per heavy atom. The van der Waals surface area contributed by atoms with Crippen molar-refractivity contribution in [1.82, 2.24) is 15.1 Å². The molecule has 5 rings (SSSR count). The maximum atomic E-state index is 10.8. The largest absolute Gasteiger partial charge is 0.507 e. The average molecular weight is 405 g/mol. The predicted molar refractivity (Wildman–Crippen MR) is 119 cm³/mol. The quantitative estimate of drug-likeness (QED) is 0.685. The molecule has 156 valence electrons. The van der Waals surface area contributed by atoms with Crippen LogP contribution in [0.2, 0.25) is 0 Å². The average Bonchev–Trinajstić information content (AvgIpc) is 3.29. The number of nitrogens with one attached hydrogen (secondary N) is 1. The molecule has 2 aliphatic rings. The molecule has 30 heavy (non-hydrogen) atoms. The molecule has 2 saturated heterocycles. The van der Waals surface area contributed by atoms with Gasteiger partial charge < -0.3 is 20.1 Å². The van der Waals surface area contributed by atoms with Gasteiger partial charge in [0.2, 0.25) is 0 Å². The van der Waals surface area contributed by atoms with Gasteiger partial charge in [-0.1, -0.05) is 30.3 Å². The number of aromatic nitrogens is 2. The molecule has 0 bridgehead atoms. The van der Waals surface area contributed by atoms with E-state index in [0.29, 0.717) is 23.2 Å². The normalized spacial score (nSPS) is 22.4. The summed E-state index contributed by atoms with van der Waals surface area (Å²) in [6.45, 7) is 3.66. The molecule has 0 radical (unpaired) electrons. The van der Waals surface area contributed by atoms with E-state index in [1.165, 1.54) is 6.42 Å². The molecule has 2 aliphatic heterocycles. The van der Waals surface area contributed by atoms with Gasteiger partial charge in [0.15, 0.2) is 5.82 Å². The standard InChI is InChI=1S/C24H28N4O2/c1-28-11-4-5-18(14-28)25-24-20-7-3-2-6-19(20)23(26-27-24)21-9-8-16(13-22(21)29)17-10-12-30-15-17/h2-3,6-9,13,17-18,29H,4-5,10-12,14-15H2,1H3,(H,25,27)/t17?,18-/m1/s1. The van der Waals surface area contributed by atoms with Crippen molar-refractivity contribution >= 4 is 16.6 Å². The molecule has 0 saturated carbocycles. The molecule has 6 heteroatoms. The monoisotopic (exact) mass is 404 g/mol. The fraction of sp³-hybridized carbons (Fsp3) is 0.417. The van der Waals surface area contributed by atoms with Gasteiger partial charge in [-0.2, -0.15) is 0 Å². The first-order chi connectivity index (χ1) is 14.7. The van der Waals surface area contributed by atoms with Crippen molar-refractivity contribution in [2.75, 3.05) is 38.7 Å². The van der Waals surface area contributed by atoms with E-state index in [1.807, 2.05) is 24.3 Å². The molecule has 0 aliphatic carbocycles. The number of nitrogens with zero attached hydrogens (tertiary/aromatic N) is 3. The Kier molecular flexibility index (Phi) is 5.27. The zero-order valence-corrected chi connectivity index (χ0v) is 17.3. The van der Waals surface area contributed by atoms with Gasteiger partial charge in [-0.3, -0.25) is 0 Å². The van der Waals surface area contributed by atoms with Gasteiger partial charge in [-0.25, -0.2) is 0 Å². The van der Waals surface area contributed by atoms with Gasteiger partial charge in [-0.15, -0.1) is 10.2 Å². The molecule has 3 heterocycles. The number of aromatic hydroxyl groups is 1. The van der Waals surface area contributed by atoms with Crippen LogP contribution in [-0.2, 0) is 4.74 Å². The van der Waals surface area contributed by atoms with Crippen molar-refractivity contribution in [2.24, 2.45) is 0 Å². The minimum absolute atomic E-state index is 0.244. The third kappa shape index (κ3) is 3.73. The van der Waals surface area contributed by atoms with Crippen LogP contribution < -0.4 is 5.32 Å². The Hall–Kier alpha value is -2.70. The Labute approximate surface area is 176 Å². The number of phenols is 1. The van der Waals surface area contributed by atoms with Crippen molar-refractivity contribution in [3.05, 3.63) is 48.0 Å². The summed E-state index contributed by atoms with van der Waals surface area (Å²) in [7, 11) is 2.16. The second-order valence-electron chi connectivity index (χ2n) is 8.53. The highest BCUT2D eigenvalue weighted by Crippen LogP contribution is 2.37. The molecule has 1 aromatic heterocycles. The van der Waals surface area contributed by atoms with E-state index >= 15 is 0 Å². The topological polar surface area (TPSA) is 70.5 Å². The van der Waals surface area contributed by atoms with Crippen LogP contribution in [0.4, 0.5) is 5.82 Å². The summed E-state index contributed by atoms with van der Waals surface area (Å²) in [5, 5.41) is 25.5. The zero-order chi connectivity index (χ0) is 20.5. The molecule has 6 nitrogen and oxygen atoms in total. The van der Waals surface area contributed by atoms with Crippen LogP contribution in [0.1, 0.15) is 30.7 Å². The minimum atomic E-state index is 0.244. The molecule has 0 spiro atoms. The first-order valence-electron chi connectivity index (χ1n) is 10.8. The molecular weight excluding hydrogens is 376 g/mol. The first-order valence-corrected chi connectivity index (χ1v) is 10.8. The minimum Gasteiger partial charge on any atom is -0.507 e. The maximum Gasteiger partial charge on any atom is 0.156 e. The zero-order valence-electron chi connectivity index (χ0n) is 17.3. The number of fused-ring (bicyclic) bond motifs is 1. The summed E-state index contributed by atoms with van der Waals surface area (Å²) in [6, 6.07) is 14.4. The Balaban J connectivity index is 1.50. The van der Waals surface area contributed by atoms with E-state index in [4.69, 9.17) is 4.74 Å². The van der Waals surface area contributed by atoms with Gasteiger partial charge in [-0.05, 0) is 50.6 Å². The fourth-order valence-corrected chi connectivity index (χ4v) is 4.69. The number of likely N-dealkylation sites (N-methyl/N-ethyl adjacent to an activating group) is 1. The van der Waals surface area contributed by atoms with E-state index < -0.39 is 0 Å². The maximum absolute atomic E-state index is 10.8. The van der Waals surface area contributed by atoms with Crippen molar-refractivity contribution in [3.63, 3.8) is 0 Å². The van der Waals surface area contributed by atoms with Crippen LogP contribution in [0.5, 0.6) is 5.75 Å². The molecule has 2 N–H and O–H groups in total. The lowest BCUT2D eigenvalue weighted by Crippen LogP contribution is -2.40. The van der Waals surface area contributed by atoms with E-state index in [0.717, 1.165) is 61.3 Å². The number of anilines is 1. The SMILES string of the molecule is CN1CCC[C@@H](Nc2nnc(-c3ccc(C4CCOC4)cc3O)c3ccccc23)C1. The highest BCUT2D eigenvalue weighted by Gasteiger charge is 2.22. The summed E-state index contributed by atoms with van der Waals surface area (Å²) in [5.74, 6) is 1.41. The highest BCUT2D eigenvalue weighted by molar-refractivity contribution is 6.00. The first kappa shape index (κ1) is 19.3. The van der Waals surface area contributed by atoms with Crippen molar-refractivity contribution in [1.29, 1.82) is 0 Å². The predicted octanol–water partition coefficient (Wildman–Crippen LogP) is 4.01. The van der Waals surface area contributed by atoms with Crippen LogP contribution in [0.3, 0.4) is 0 Å². The van der Waals surface area contributed by atoms with Gasteiger partial charge in [0.25, 0.3) is 0 Å². The van der Waals surface area contributed by atoms with E-state index in [-0.39, 0.29) is 5.75 Å². The summed E-state index contributed by atoms with van der Waals surface area (Å²) < 4.78 is 5.49. The van der Waals surface area contributed by atoms with E-state index in [1.54, 1.807) is 0 Å². The number of ether oxygens (including phenoxy) is 1. The van der Waals surface area contributed by atoms with Crippen molar-refractivity contribution in [2.45, 2.75) is 31.2 Å². The van der Waals surface area contributed by atoms with Crippen LogP contribution in [-0.4, -0.2) is 59.6 Å². The molecule has 1 unspecified atom stereocenters. The van der Waals surface area contributed by atoms with Crippen LogP contribution >= 0.6 is 0 Å². The second kappa shape index (κ2) is 8.20. The lowest BCUT2D eigenvalue weighted by atomic mass is 9.95. The molecular formula is C24H28N4O2. The smallest absolute Gasteiger partial charge is 0.156 e. The number of likely N-dealkylation sites (tertiary alicyclic amines) is 1. The molecule has 2 atom stereocenters. The van der Waals surface area contributed by atoms with E-state index in [9.17, 15) is 5.11 Å². The Morgan fingerprint density at radius 1 is 1.10 bits per heavy atom. The summed E-state index contributed by atoms with van der Waals surface area (Å²) in [5.41, 5.74) is 2.54. The molecule has 2 fully saturated rings. The second-order valence-corrected chi connectivity index (χ2v) is 8.53. The van der Waals surface area contributed by atoms with Gasteiger partial charge in [0.05, 0.1) is 6.61 Å². The Morgan fingerprint density at radius 3 is 2.73 bits per heavy atom. The summed E-state index contributed by atoms with van der Waals surface area (Å²) in [4.78, 5) is 2.35. The van der Waals surface area contributed by atoms with Crippen LogP contribution in [0.15, 0.2) is 42.5 Å². The third-order valence-corrected chi connectivity index (χ3v) is 6.33. The van der Waals surface area contributed by atoms with Crippen LogP contribution in [0.25, 0.3) is 22.0 Å². The molecule has 0 amide bonds. The fourth-order valence-electron chi connectivity index (χ4n) is 4.69. The summed E-state index contributed by atoms with van der Waals surface area (Å²) >= 11 is 0. The van der Waals surface area contributed by atoms with E-state index in [2.05, 4.69) is 45.7 Å². The lowest BCUT2D eigenvalue weighted by molar-refractivity contribution is 0.194. The number of hydrogen-bond donors (Lipinski definition) is 2. The number of benzene rings is 2. The lowest BCUT2D eigenvalue weighted by Gasteiger charge is -2.30. The number of rotatable bonds is 4. The van der Waals surface area contributed by atoms with Crippen LogP contribution in [0, 0.1) is 0 Å². The highest BCUT2D eigenvalue weighted by atomic mass is 16.5. The number of piperidine rings is 1.